The molecule has 2 aromatic rings. The molecule has 0 unspecified atom stereocenters. The molecule has 0 saturated heterocycles. The van der Waals surface area contributed by atoms with Crippen molar-refractivity contribution in [3.8, 4) is 0 Å². The minimum atomic E-state index is -0.103. The number of carbonyl (C=O) groups excluding carboxylic acids is 2. The van der Waals surface area contributed by atoms with E-state index in [1.807, 2.05) is 29.6 Å². The number of thiophene rings is 1. The molecule has 0 aliphatic heterocycles. The SMILES string of the molecule is CC(=O)Nc1ccc(NCC(=O)c2cccs2)cc1. The van der Waals surface area contributed by atoms with Gasteiger partial charge in [-0.25, -0.2) is 0 Å². The predicted octanol–water partition coefficient (Wildman–Crippen LogP) is 3.00. The van der Waals surface area contributed by atoms with Gasteiger partial charge in [-0.2, -0.15) is 0 Å². The molecule has 2 rings (SSSR count). The van der Waals surface area contributed by atoms with Gasteiger partial charge in [-0.1, -0.05) is 6.07 Å². The molecule has 1 heterocycles. The van der Waals surface area contributed by atoms with Crippen LogP contribution in [0.4, 0.5) is 11.4 Å². The zero-order chi connectivity index (χ0) is 13.7. The minimum Gasteiger partial charge on any atom is -0.378 e. The lowest BCUT2D eigenvalue weighted by Gasteiger charge is -2.06. The molecule has 0 aliphatic carbocycles. The van der Waals surface area contributed by atoms with E-state index in [9.17, 15) is 9.59 Å². The molecule has 4 nitrogen and oxygen atoms in total. The van der Waals surface area contributed by atoms with Gasteiger partial charge in [-0.05, 0) is 35.7 Å². The summed E-state index contributed by atoms with van der Waals surface area (Å²) in [5, 5.41) is 7.63. The highest BCUT2D eigenvalue weighted by molar-refractivity contribution is 7.12. The van der Waals surface area contributed by atoms with Gasteiger partial charge in [-0.3, -0.25) is 9.59 Å². The molecule has 5 heteroatoms. The number of benzene rings is 1. The minimum absolute atomic E-state index is 0.0703. The van der Waals surface area contributed by atoms with Crippen LogP contribution in [0.2, 0.25) is 0 Å². The molecule has 2 N–H and O–H groups in total. The van der Waals surface area contributed by atoms with Crippen molar-refractivity contribution < 1.29 is 9.59 Å². The number of rotatable bonds is 5. The first-order valence-electron chi connectivity index (χ1n) is 5.83. The van der Waals surface area contributed by atoms with Gasteiger partial charge in [0.2, 0.25) is 5.91 Å². The number of Topliss-reactive ketones (excluding diaryl/α,β-unsaturated/α-hetero) is 1. The first kappa shape index (κ1) is 13.3. The van der Waals surface area contributed by atoms with Crippen LogP contribution in [0.3, 0.4) is 0 Å². The average Bonchev–Trinajstić information content (AvgIpc) is 2.91. The van der Waals surface area contributed by atoms with E-state index in [1.165, 1.54) is 18.3 Å². The highest BCUT2D eigenvalue weighted by Crippen LogP contribution is 2.14. The zero-order valence-corrected chi connectivity index (χ0v) is 11.3. The summed E-state index contributed by atoms with van der Waals surface area (Å²) in [6.45, 7) is 1.73. The molecule has 19 heavy (non-hydrogen) atoms. The van der Waals surface area contributed by atoms with E-state index in [1.54, 1.807) is 12.1 Å². The largest absolute Gasteiger partial charge is 0.378 e. The molecule has 1 aromatic heterocycles. The van der Waals surface area contributed by atoms with E-state index in [-0.39, 0.29) is 18.2 Å². The number of hydrogen-bond donors (Lipinski definition) is 2. The molecule has 0 radical (unpaired) electrons. The van der Waals surface area contributed by atoms with Crippen molar-refractivity contribution in [3.63, 3.8) is 0 Å². The lowest BCUT2D eigenvalue weighted by atomic mass is 10.2. The second-order valence-corrected chi connectivity index (χ2v) is 4.96. The van der Waals surface area contributed by atoms with Crippen molar-refractivity contribution in [2.75, 3.05) is 17.2 Å². The summed E-state index contributed by atoms with van der Waals surface area (Å²) in [5.74, 6) is -0.0329. The number of nitrogens with one attached hydrogen (secondary N) is 2. The third-order valence-corrected chi connectivity index (χ3v) is 3.37. The number of hydrogen-bond acceptors (Lipinski definition) is 4. The highest BCUT2D eigenvalue weighted by Gasteiger charge is 2.06. The molecule has 0 saturated carbocycles. The van der Waals surface area contributed by atoms with E-state index in [2.05, 4.69) is 10.6 Å². The fourth-order valence-electron chi connectivity index (χ4n) is 1.58. The van der Waals surface area contributed by atoms with Crippen LogP contribution in [0.25, 0.3) is 0 Å². The van der Waals surface area contributed by atoms with Gasteiger partial charge in [0, 0.05) is 18.3 Å². The summed E-state index contributed by atoms with van der Waals surface area (Å²) in [6, 6.07) is 10.9. The highest BCUT2D eigenvalue weighted by atomic mass is 32.1. The van der Waals surface area contributed by atoms with Crippen LogP contribution in [-0.4, -0.2) is 18.2 Å². The summed E-state index contributed by atoms with van der Waals surface area (Å²) in [5.41, 5.74) is 1.58. The van der Waals surface area contributed by atoms with Crippen molar-refractivity contribution in [3.05, 3.63) is 46.7 Å². The molecule has 0 aliphatic rings. The van der Waals surface area contributed by atoms with E-state index in [0.29, 0.717) is 0 Å². The molecular formula is C14H14N2O2S. The third-order valence-electron chi connectivity index (χ3n) is 2.45. The van der Waals surface area contributed by atoms with E-state index < -0.39 is 0 Å². The van der Waals surface area contributed by atoms with Gasteiger partial charge in [-0.15, -0.1) is 11.3 Å². The van der Waals surface area contributed by atoms with Crippen molar-refractivity contribution in [2.45, 2.75) is 6.92 Å². The first-order valence-corrected chi connectivity index (χ1v) is 6.71. The normalized spacial score (nSPS) is 9.95. The van der Waals surface area contributed by atoms with Crippen LogP contribution in [0, 0.1) is 0 Å². The van der Waals surface area contributed by atoms with Crippen LogP contribution < -0.4 is 10.6 Å². The van der Waals surface area contributed by atoms with Crippen molar-refractivity contribution in [1.29, 1.82) is 0 Å². The number of ketones is 1. The first-order chi connectivity index (χ1) is 9.15. The van der Waals surface area contributed by atoms with Gasteiger partial charge in [0.25, 0.3) is 0 Å². The van der Waals surface area contributed by atoms with Gasteiger partial charge >= 0.3 is 0 Å². The van der Waals surface area contributed by atoms with Gasteiger partial charge in [0.1, 0.15) is 0 Å². The van der Waals surface area contributed by atoms with Crippen molar-refractivity contribution in [1.82, 2.24) is 0 Å². The zero-order valence-electron chi connectivity index (χ0n) is 10.5. The molecule has 1 amide bonds. The topological polar surface area (TPSA) is 58.2 Å². The summed E-state index contributed by atoms with van der Waals surface area (Å²) >= 11 is 1.44. The Morgan fingerprint density at radius 3 is 2.37 bits per heavy atom. The monoisotopic (exact) mass is 274 g/mol. The summed E-state index contributed by atoms with van der Waals surface area (Å²) in [6.07, 6.45) is 0. The maximum absolute atomic E-state index is 11.8. The Morgan fingerprint density at radius 2 is 1.79 bits per heavy atom. The number of carbonyl (C=O) groups is 2. The quantitative estimate of drug-likeness (QED) is 0.824. The lowest BCUT2D eigenvalue weighted by molar-refractivity contribution is -0.114. The van der Waals surface area contributed by atoms with E-state index >= 15 is 0 Å². The van der Waals surface area contributed by atoms with Crippen LogP contribution in [-0.2, 0) is 4.79 Å². The Labute approximate surface area is 115 Å². The Hall–Kier alpha value is -2.14. The van der Waals surface area contributed by atoms with Gasteiger partial charge < -0.3 is 10.6 Å². The molecule has 0 spiro atoms. The van der Waals surface area contributed by atoms with Crippen molar-refractivity contribution in [2.24, 2.45) is 0 Å². The predicted molar refractivity (Wildman–Crippen MR) is 77.9 cm³/mol. The Bertz CT molecular complexity index is 562. The fraction of sp³-hybridized carbons (Fsp3) is 0.143. The molecule has 1 aromatic carbocycles. The Kier molecular flexibility index (Phi) is 4.30. The van der Waals surface area contributed by atoms with Gasteiger partial charge in [0.05, 0.1) is 11.4 Å². The lowest BCUT2D eigenvalue weighted by Crippen LogP contribution is -2.12. The molecule has 0 atom stereocenters. The maximum Gasteiger partial charge on any atom is 0.221 e. The third kappa shape index (κ3) is 3.93. The van der Waals surface area contributed by atoms with E-state index in [0.717, 1.165) is 16.3 Å². The van der Waals surface area contributed by atoms with E-state index in [4.69, 9.17) is 0 Å². The maximum atomic E-state index is 11.8. The van der Waals surface area contributed by atoms with Crippen LogP contribution in [0.15, 0.2) is 41.8 Å². The van der Waals surface area contributed by atoms with Crippen LogP contribution >= 0.6 is 11.3 Å². The molecule has 0 fully saturated rings. The average molecular weight is 274 g/mol. The second kappa shape index (κ2) is 6.15. The summed E-state index contributed by atoms with van der Waals surface area (Å²) in [4.78, 5) is 23.4. The standard InChI is InChI=1S/C14H14N2O2S/c1-10(17)16-12-6-4-11(5-7-12)15-9-13(18)14-3-2-8-19-14/h2-8,15H,9H2,1H3,(H,16,17). The molecule has 98 valence electrons. The van der Waals surface area contributed by atoms with Crippen LogP contribution in [0.1, 0.15) is 16.6 Å². The Balaban J connectivity index is 1.89. The van der Waals surface area contributed by atoms with Gasteiger partial charge in [0.15, 0.2) is 5.78 Å². The molecule has 0 bridgehead atoms. The summed E-state index contributed by atoms with van der Waals surface area (Å²) in [7, 11) is 0. The number of amides is 1. The second-order valence-electron chi connectivity index (χ2n) is 4.01. The number of anilines is 2. The smallest absolute Gasteiger partial charge is 0.221 e. The molecular weight excluding hydrogens is 260 g/mol. The Morgan fingerprint density at radius 1 is 1.11 bits per heavy atom. The van der Waals surface area contributed by atoms with Crippen molar-refractivity contribution >= 4 is 34.4 Å². The summed E-state index contributed by atoms with van der Waals surface area (Å²) < 4.78 is 0. The van der Waals surface area contributed by atoms with Crippen LogP contribution in [0.5, 0.6) is 0 Å². The fourth-order valence-corrected chi connectivity index (χ4v) is 2.25.